The van der Waals surface area contributed by atoms with Gasteiger partial charge in [0.15, 0.2) is 0 Å². The Morgan fingerprint density at radius 1 is 1.53 bits per heavy atom. The number of rotatable bonds is 5. The highest BCUT2D eigenvalue weighted by atomic mass is 16.5. The summed E-state index contributed by atoms with van der Waals surface area (Å²) < 4.78 is 10.7. The molecule has 0 radical (unpaired) electrons. The second-order valence-electron chi connectivity index (χ2n) is 4.30. The van der Waals surface area contributed by atoms with E-state index in [4.69, 9.17) is 15.2 Å². The maximum atomic E-state index is 5.92. The highest BCUT2D eigenvalue weighted by Crippen LogP contribution is 2.24. The van der Waals surface area contributed by atoms with Crippen LogP contribution in [0.15, 0.2) is 18.2 Å². The largest absolute Gasteiger partial charge is 0.497 e. The van der Waals surface area contributed by atoms with Gasteiger partial charge in [0.25, 0.3) is 0 Å². The number of ether oxygens (including phenoxy) is 2. The summed E-state index contributed by atoms with van der Waals surface area (Å²) in [6.07, 6.45) is 3.82. The fourth-order valence-corrected chi connectivity index (χ4v) is 2.07. The van der Waals surface area contributed by atoms with Crippen molar-refractivity contribution >= 4 is 11.4 Å². The van der Waals surface area contributed by atoms with Crippen LogP contribution in [0.4, 0.5) is 11.4 Å². The molecule has 1 aliphatic rings. The zero-order chi connectivity index (χ0) is 12.1. The zero-order valence-corrected chi connectivity index (χ0v) is 10.2. The van der Waals surface area contributed by atoms with Crippen LogP contribution in [0.5, 0.6) is 5.75 Å². The van der Waals surface area contributed by atoms with Crippen LogP contribution in [-0.2, 0) is 4.74 Å². The van der Waals surface area contributed by atoms with E-state index in [0.29, 0.717) is 6.10 Å². The van der Waals surface area contributed by atoms with Crippen LogP contribution < -0.4 is 15.8 Å². The van der Waals surface area contributed by atoms with E-state index in [1.165, 1.54) is 12.8 Å². The third kappa shape index (κ3) is 3.27. The molecule has 1 heterocycles. The Balaban J connectivity index is 1.81. The number of methoxy groups -OCH3 is 1. The number of nitrogens with two attached hydrogens (primary N) is 1. The van der Waals surface area contributed by atoms with Gasteiger partial charge >= 0.3 is 0 Å². The lowest BCUT2D eigenvalue weighted by Gasteiger charge is -2.13. The Morgan fingerprint density at radius 2 is 2.41 bits per heavy atom. The fraction of sp³-hybridized carbons (Fsp3) is 0.538. The molecule has 3 N–H and O–H groups in total. The van der Waals surface area contributed by atoms with Crippen molar-refractivity contribution in [2.45, 2.75) is 25.4 Å². The summed E-state index contributed by atoms with van der Waals surface area (Å²) in [5.41, 5.74) is 7.60. The van der Waals surface area contributed by atoms with Gasteiger partial charge in [-0.2, -0.15) is 0 Å². The number of anilines is 2. The van der Waals surface area contributed by atoms with E-state index in [2.05, 4.69) is 5.32 Å². The van der Waals surface area contributed by atoms with E-state index in [0.717, 1.165) is 36.7 Å². The average Bonchev–Trinajstić information content (AvgIpc) is 2.84. The van der Waals surface area contributed by atoms with Gasteiger partial charge in [-0.05, 0) is 31.4 Å². The molecule has 4 heteroatoms. The zero-order valence-electron chi connectivity index (χ0n) is 10.2. The van der Waals surface area contributed by atoms with Crippen molar-refractivity contribution in [1.29, 1.82) is 0 Å². The third-order valence-electron chi connectivity index (χ3n) is 3.06. The quantitative estimate of drug-likeness (QED) is 0.770. The molecule has 94 valence electrons. The second kappa shape index (κ2) is 5.77. The van der Waals surface area contributed by atoms with Crippen molar-refractivity contribution < 1.29 is 9.47 Å². The van der Waals surface area contributed by atoms with E-state index >= 15 is 0 Å². The van der Waals surface area contributed by atoms with Crippen LogP contribution >= 0.6 is 0 Å². The molecule has 1 aromatic carbocycles. The normalized spacial score (nSPS) is 19.2. The average molecular weight is 236 g/mol. The van der Waals surface area contributed by atoms with Gasteiger partial charge in [0.2, 0.25) is 0 Å². The van der Waals surface area contributed by atoms with E-state index in [1.54, 1.807) is 7.11 Å². The number of benzene rings is 1. The Kier molecular flexibility index (Phi) is 4.09. The maximum absolute atomic E-state index is 5.92. The Hall–Kier alpha value is -1.42. The predicted octanol–water partition coefficient (Wildman–Crippen LogP) is 2.26. The summed E-state index contributed by atoms with van der Waals surface area (Å²) in [6, 6.07) is 5.68. The van der Waals surface area contributed by atoms with Gasteiger partial charge in [-0.25, -0.2) is 0 Å². The summed E-state index contributed by atoms with van der Waals surface area (Å²) in [7, 11) is 1.64. The monoisotopic (exact) mass is 236 g/mol. The molecule has 1 aromatic rings. The van der Waals surface area contributed by atoms with E-state index < -0.39 is 0 Å². The highest BCUT2D eigenvalue weighted by Gasteiger charge is 2.14. The summed E-state index contributed by atoms with van der Waals surface area (Å²) >= 11 is 0. The molecule has 0 aliphatic carbocycles. The van der Waals surface area contributed by atoms with Gasteiger partial charge in [-0.3, -0.25) is 0 Å². The predicted molar refractivity (Wildman–Crippen MR) is 69.5 cm³/mol. The minimum Gasteiger partial charge on any atom is -0.497 e. The van der Waals surface area contributed by atoms with Crippen LogP contribution in [0.1, 0.15) is 19.3 Å². The minimum atomic E-state index is 0.418. The van der Waals surface area contributed by atoms with Crippen LogP contribution in [0.25, 0.3) is 0 Å². The van der Waals surface area contributed by atoms with E-state index in [9.17, 15) is 0 Å². The number of nitrogen functional groups attached to an aromatic ring is 1. The van der Waals surface area contributed by atoms with Crippen molar-refractivity contribution in [3.8, 4) is 5.75 Å². The number of hydrogen-bond acceptors (Lipinski definition) is 4. The van der Waals surface area contributed by atoms with Crippen LogP contribution in [0, 0.1) is 0 Å². The van der Waals surface area contributed by atoms with Crippen LogP contribution in [0.2, 0.25) is 0 Å². The topological polar surface area (TPSA) is 56.5 Å². The molecule has 0 saturated carbocycles. The van der Waals surface area contributed by atoms with Gasteiger partial charge in [0.1, 0.15) is 5.75 Å². The first-order valence-electron chi connectivity index (χ1n) is 6.08. The molecular weight excluding hydrogens is 216 g/mol. The van der Waals surface area contributed by atoms with Crippen LogP contribution in [0.3, 0.4) is 0 Å². The Morgan fingerprint density at radius 3 is 3.06 bits per heavy atom. The summed E-state index contributed by atoms with van der Waals surface area (Å²) in [4.78, 5) is 0. The molecule has 1 unspecified atom stereocenters. The van der Waals surface area contributed by atoms with Gasteiger partial charge < -0.3 is 20.5 Å². The standard InChI is InChI=1S/C13H20N2O2/c1-16-11-4-5-13(12(14)9-11)15-7-6-10-3-2-8-17-10/h4-5,9-10,15H,2-3,6-8,14H2,1H3. The molecule has 0 spiro atoms. The van der Waals surface area contributed by atoms with Crippen molar-refractivity contribution in [3.05, 3.63) is 18.2 Å². The van der Waals surface area contributed by atoms with Gasteiger partial charge in [0.05, 0.1) is 24.6 Å². The molecule has 1 saturated heterocycles. The Labute approximate surface area is 102 Å². The van der Waals surface area contributed by atoms with Gasteiger partial charge in [-0.15, -0.1) is 0 Å². The van der Waals surface area contributed by atoms with Crippen molar-refractivity contribution in [1.82, 2.24) is 0 Å². The molecule has 0 amide bonds. The SMILES string of the molecule is COc1ccc(NCCC2CCCO2)c(N)c1. The summed E-state index contributed by atoms with van der Waals surface area (Å²) in [5.74, 6) is 0.784. The molecule has 4 nitrogen and oxygen atoms in total. The second-order valence-corrected chi connectivity index (χ2v) is 4.30. The highest BCUT2D eigenvalue weighted by molar-refractivity contribution is 5.68. The molecule has 0 aromatic heterocycles. The van der Waals surface area contributed by atoms with Crippen molar-refractivity contribution in [2.24, 2.45) is 0 Å². The maximum Gasteiger partial charge on any atom is 0.121 e. The van der Waals surface area contributed by atoms with E-state index in [1.807, 2.05) is 18.2 Å². The first-order valence-corrected chi connectivity index (χ1v) is 6.08. The lowest BCUT2D eigenvalue weighted by atomic mass is 10.2. The number of nitrogens with one attached hydrogen (secondary N) is 1. The molecule has 0 bridgehead atoms. The van der Waals surface area contributed by atoms with Crippen LogP contribution in [-0.4, -0.2) is 26.4 Å². The van der Waals surface area contributed by atoms with Crippen molar-refractivity contribution in [3.63, 3.8) is 0 Å². The molecule has 17 heavy (non-hydrogen) atoms. The first kappa shape index (κ1) is 12.0. The summed E-state index contributed by atoms with van der Waals surface area (Å²) in [5, 5.41) is 3.33. The summed E-state index contributed by atoms with van der Waals surface area (Å²) in [6.45, 7) is 1.80. The molecule has 1 aliphatic heterocycles. The third-order valence-corrected chi connectivity index (χ3v) is 3.06. The molecule has 1 atom stereocenters. The first-order chi connectivity index (χ1) is 8.29. The number of hydrogen-bond donors (Lipinski definition) is 2. The van der Waals surface area contributed by atoms with Crippen molar-refractivity contribution in [2.75, 3.05) is 31.3 Å². The lowest BCUT2D eigenvalue weighted by molar-refractivity contribution is 0.107. The van der Waals surface area contributed by atoms with Gasteiger partial charge in [-0.1, -0.05) is 0 Å². The molecule has 2 rings (SSSR count). The molecule has 1 fully saturated rings. The Bertz CT molecular complexity index is 362. The fourth-order valence-electron chi connectivity index (χ4n) is 2.07. The van der Waals surface area contributed by atoms with Gasteiger partial charge in [0, 0.05) is 19.2 Å². The minimum absolute atomic E-state index is 0.418. The van der Waals surface area contributed by atoms with E-state index in [-0.39, 0.29) is 0 Å². The lowest BCUT2D eigenvalue weighted by Crippen LogP contribution is -2.13. The molecular formula is C13H20N2O2. The smallest absolute Gasteiger partial charge is 0.121 e.